The number of nitrogens with one attached hydrogen (secondary N) is 1. The second-order valence-electron chi connectivity index (χ2n) is 4.36. The molecule has 0 unspecified atom stereocenters. The number of nitrogens with two attached hydrogens (primary N) is 1. The molecule has 0 radical (unpaired) electrons. The predicted molar refractivity (Wildman–Crippen MR) is 64.1 cm³/mol. The number of hydrogen-bond donors (Lipinski definition) is 2. The quantitative estimate of drug-likeness (QED) is 0.764. The summed E-state index contributed by atoms with van der Waals surface area (Å²) >= 11 is 0. The van der Waals surface area contributed by atoms with Crippen LogP contribution >= 0.6 is 0 Å². The summed E-state index contributed by atoms with van der Waals surface area (Å²) in [4.78, 5) is 0. The fourth-order valence-corrected chi connectivity index (χ4v) is 2.14. The van der Waals surface area contributed by atoms with Crippen LogP contribution in [0.15, 0.2) is 24.3 Å². The zero-order valence-corrected chi connectivity index (χ0v) is 9.50. The molecular formula is C13H21N2+. The number of anilines is 1. The van der Waals surface area contributed by atoms with Gasteiger partial charge in [0.2, 0.25) is 0 Å². The normalized spacial score (nSPS) is 20.5. The van der Waals surface area contributed by atoms with Crippen molar-refractivity contribution in [1.29, 1.82) is 0 Å². The maximum Gasteiger partial charge on any atom is 0.104 e. The Balaban J connectivity index is 1.82. The van der Waals surface area contributed by atoms with Gasteiger partial charge in [-0.25, -0.2) is 0 Å². The lowest BCUT2D eigenvalue weighted by Crippen LogP contribution is -2.87. The summed E-state index contributed by atoms with van der Waals surface area (Å²) in [5.74, 6) is 0. The maximum atomic E-state index is 3.51. The fourth-order valence-electron chi connectivity index (χ4n) is 2.14. The summed E-state index contributed by atoms with van der Waals surface area (Å²) in [6, 6.07) is 9.58. The number of rotatable bonds is 4. The van der Waals surface area contributed by atoms with Crippen molar-refractivity contribution >= 4 is 5.69 Å². The van der Waals surface area contributed by atoms with Crippen molar-refractivity contribution in [2.75, 3.05) is 18.4 Å². The average Bonchev–Trinajstić information content (AvgIpc) is 2.80. The summed E-state index contributed by atoms with van der Waals surface area (Å²) in [6.45, 7) is 4.60. The summed E-state index contributed by atoms with van der Waals surface area (Å²) in [5.41, 5.74) is 2.67. The van der Waals surface area contributed by atoms with E-state index in [1.165, 1.54) is 30.6 Å². The van der Waals surface area contributed by atoms with Gasteiger partial charge in [0.15, 0.2) is 0 Å². The van der Waals surface area contributed by atoms with Crippen molar-refractivity contribution in [3.63, 3.8) is 0 Å². The topological polar surface area (TPSA) is 28.6 Å². The first-order valence-corrected chi connectivity index (χ1v) is 6.04. The number of quaternary nitrogens is 1. The highest BCUT2D eigenvalue weighted by atomic mass is 15.0. The van der Waals surface area contributed by atoms with E-state index in [2.05, 4.69) is 41.8 Å². The standard InChI is InChI=1S/C13H20N2/c1-2-11-5-7-12(8-6-11)15-10-13-4-3-9-14-13/h5-8,13-15H,2-4,9-10H2,1H3/p+1/t13-/m0/s1. The van der Waals surface area contributed by atoms with Gasteiger partial charge in [-0.05, 0) is 24.1 Å². The SMILES string of the molecule is CCc1ccc(NC[C@@H]2CCC[NH2+]2)cc1. The van der Waals surface area contributed by atoms with Gasteiger partial charge in [0, 0.05) is 18.5 Å². The molecule has 1 saturated heterocycles. The molecule has 1 fully saturated rings. The van der Waals surface area contributed by atoms with E-state index in [-0.39, 0.29) is 0 Å². The Morgan fingerprint density at radius 3 is 2.73 bits per heavy atom. The van der Waals surface area contributed by atoms with Crippen LogP contribution in [0.1, 0.15) is 25.3 Å². The van der Waals surface area contributed by atoms with Crippen LogP contribution in [-0.4, -0.2) is 19.1 Å². The highest BCUT2D eigenvalue weighted by molar-refractivity contribution is 5.44. The average molecular weight is 205 g/mol. The molecule has 0 bridgehead atoms. The summed E-state index contributed by atoms with van der Waals surface area (Å²) in [5, 5.41) is 5.96. The van der Waals surface area contributed by atoms with Crippen LogP contribution in [0, 0.1) is 0 Å². The molecule has 2 nitrogen and oxygen atoms in total. The molecule has 1 aliphatic rings. The highest BCUT2D eigenvalue weighted by Crippen LogP contribution is 2.10. The van der Waals surface area contributed by atoms with Gasteiger partial charge in [-0.15, -0.1) is 0 Å². The van der Waals surface area contributed by atoms with E-state index >= 15 is 0 Å². The molecule has 1 heterocycles. The number of hydrogen-bond acceptors (Lipinski definition) is 1. The van der Waals surface area contributed by atoms with Crippen molar-refractivity contribution in [3.8, 4) is 0 Å². The van der Waals surface area contributed by atoms with Crippen LogP contribution < -0.4 is 10.6 Å². The van der Waals surface area contributed by atoms with Crippen LogP contribution in [0.25, 0.3) is 0 Å². The fraction of sp³-hybridized carbons (Fsp3) is 0.538. The van der Waals surface area contributed by atoms with Crippen LogP contribution in [-0.2, 0) is 6.42 Å². The zero-order chi connectivity index (χ0) is 10.5. The monoisotopic (exact) mass is 205 g/mol. The van der Waals surface area contributed by atoms with E-state index in [0.717, 1.165) is 19.0 Å². The molecule has 1 aromatic carbocycles. The lowest BCUT2D eigenvalue weighted by molar-refractivity contribution is -0.666. The Labute approximate surface area is 92.1 Å². The van der Waals surface area contributed by atoms with Gasteiger partial charge in [0.05, 0.1) is 13.1 Å². The van der Waals surface area contributed by atoms with Gasteiger partial charge in [-0.1, -0.05) is 19.1 Å². The molecule has 1 aliphatic heterocycles. The first-order chi connectivity index (χ1) is 7.38. The molecule has 2 heteroatoms. The summed E-state index contributed by atoms with van der Waals surface area (Å²) in [6.07, 6.45) is 3.86. The van der Waals surface area contributed by atoms with Crippen molar-refractivity contribution in [2.24, 2.45) is 0 Å². The van der Waals surface area contributed by atoms with Crippen LogP contribution in [0.5, 0.6) is 0 Å². The van der Waals surface area contributed by atoms with Gasteiger partial charge in [-0.3, -0.25) is 0 Å². The molecular weight excluding hydrogens is 184 g/mol. The molecule has 0 amide bonds. The molecule has 0 aromatic heterocycles. The third-order valence-electron chi connectivity index (χ3n) is 3.21. The maximum absolute atomic E-state index is 3.51. The van der Waals surface area contributed by atoms with E-state index in [1.54, 1.807) is 0 Å². The minimum Gasteiger partial charge on any atom is -0.379 e. The van der Waals surface area contributed by atoms with Crippen LogP contribution in [0.3, 0.4) is 0 Å². The van der Waals surface area contributed by atoms with Gasteiger partial charge in [0.1, 0.15) is 6.04 Å². The lowest BCUT2D eigenvalue weighted by Gasteiger charge is -2.10. The molecule has 0 saturated carbocycles. The molecule has 3 N–H and O–H groups in total. The molecule has 0 aliphatic carbocycles. The van der Waals surface area contributed by atoms with Crippen molar-refractivity contribution in [1.82, 2.24) is 0 Å². The number of aryl methyl sites for hydroxylation is 1. The molecule has 2 rings (SSSR count). The van der Waals surface area contributed by atoms with Crippen LogP contribution in [0.2, 0.25) is 0 Å². The Bertz CT molecular complexity index is 286. The Hall–Kier alpha value is -1.02. The molecule has 1 aromatic rings. The second-order valence-corrected chi connectivity index (χ2v) is 4.36. The van der Waals surface area contributed by atoms with Crippen molar-refractivity contribution < 1.29 is 5.32 Å². The third-order valence-corrected chi connectivity index (χ3v) is 3.21. The van der Waals surface area contributed by atoms with E-state index < -0.39 is 0 Å². The molecule has 1 atom stereocenters. The Kier molecular flexibility index (Phi) is 3.62. The first kappa shape index (κ1) is 10.5. The lowest BCUT2D eigenvalue weighted by atomic mass is 10.1. The first-order valence-electron chi connectivity index (χ1n) is 6.04. The predicted octanol–water partition coefficient (Wildman–Crippen LogP) is 1.39. The minimum absolute atomic E-state index is 0.788. The third kappa shape index (κ3) is 2.96. The van der Waals surface area contributed by atoms with Gasteiger partial charge in [-0.2, -0.15) is 0 Å². The van der Waals surface area contributed by atoms with E-state index in [4.69, 9.17) is 0 Å². The highest BCUT2D eigenvalue weighted by Gasteiger charge is 2.17. The van der Waals surface area contributed by atoms with Crippen molar-refractivity contribution in [2.45, 2.75) is 32.2 Å². The van der Waals surface area contributed by atoms with Crippen molar-refractivity contribution in [3.05, 3.63) is 29.8 Å². The molecule has 0 spiro atoms. The number of benzene rings is 1. The Morgan fingerprint density at radius 2 is 2.13 bits per heavy atom. The molecule has 82 valence electrons. The van der Waals surface area contributed by atoms with Crippen LogP contribution in [0.4, 0.5) is 5.69 Å². The smallest absolute Gasteiger partial charge is 0.104 e. The van der Waals surface area contributed by atoms with E-state index in [9.17, 15) is 0 Å². The van der Waals surface area contributed by atoms with E-state index in [1.807, 2.05) is 0 Å². The minimum atomic E-state index is 0.788. The second kappa shape index (κ2) is 5.17. The van der Waals surface area contributed by atoms with E-state index in [0.29, 0.717) is 0 Å². The zero-order valence-electron chi connectivity index (χ0n) is 9.50. The molecule has 15 heavy (non-hydrogen) atoms. The van der Waals surface area contributed by atoms with Gasteiger partial charge >= 0.3 is 0 Å². The summed E-state index contributed by atoms with van der Waals surface area (Å²) in [7, 11) is 0. The van der Waals surface area contributed by atoms with Gasteiger partial charge < -0.3 is 10.6 Å². The van der Waals surface area contributed by atoms with Gasteiger partial charge in [0.25, 0.3) is 0 Å². The summed E-state index contributed by atoms with van der Waals surface area (Å²) < 4.78 is 0. The largest absolute Gasteiger partial charge is 0.379 e. The Morgan fingerprint density at radius 1 is 1.33 bits per heavy atom.